The van der Waals surface area contributed by atoms with Crippen molar-refractivity contribution in [2.24, 2.45) is 0 Å². The highest BCUT2D eigenvalue weighted by molar-refractivity contribution is 6.35. The third-order valence-corrected chi connectivity index (χ3v) is 7.47. The van der Waals surface area contributed by atoms with Gasteiger partial charge in [-0.05, 0) is 41.5 Å². The molecule has 5 rings (SSSR count). The van der Waals surface area contributed by atoms with Gasteiger partial charge in [-0.3, -0.25) is 14.4 Å². The number of anilines is 2. The van der Waals surface area contributed by atoms with Gasteiger partial charge < -0.3 is 24.6 Å². The molecular weight excluding hydrogens is 577 g/mol. The summed E-state index contributed by atoms with van der Waals surface area (Å²) in [6, 6.07) is 12.3. The zero-order valence-electron chi connectivity index (χ0n) is 24.1. The van der Waals surface area contributed by atoms with E-state index in [1.807, 2.05) is 29.2 Å². The van der Waals surface area contributed by atoms with Crippen LogP contribution in [0.4, 0.5) is 16.2 Å². The van der Waals surface area contributed by atoms with Gasteiger partial charge >= 0.3 is 11.9 Å². The zero-order valence-corrected chi connectivity index (χ0v) is 24.8. The third-order valence-electron chi connectivity index (χ3n) is 7.17. The van der Waals surface area contributed by atoms with Crippen LogP contribution in [0, 0.1) is 5.82 Å². The number of hydrogen-bond donors (Lipinski definition) is 1. The summed E-state index contributed by atoms with van der Waals surface area (Å²) in [5, 5.41) is 5.00. The molecule has 1 aliphatic heterocycles. The molecule has 12 heteroatoms. The number of aromatic nitrogens is 2. The van der Waals surface area contributed by atoms with Gasteiger partial charge in [-0.1, -0.05) is 35.9 Å². The lowest BCUT2D eigenvalue weighted by Crippen LogP contribution is -2.48. The Hall–Kier alpha value is -4.51. The van der Waals surface area contributed by atoms with Gasteiger partial charge in [0.1, 0.15) is 17.1 Å². The van der Waals surface area contributed by atoms with E-state index in [0.717, 1.165) is 5.39 Å². The molecule has 0 atom stereocenters. The second kappa shape index (κ2) is 12.8. The van der Waals surface area contributed by atoms with Gasteiger partial charge in [0.25, 0.3) is 0 Å². The van der Waals surface area contributed by atoms with Gasteiger partial charge in [-0.25, -0.2) is 9.37 Å². The molecule has 1 saturated heterocycles. The van der Waals surface area contributed by atoms with E-state index in [0.29, 0.717) is 48.3 Å². The quantitative estimate of drug-likeness (QED) is 0.213. The number of halogens is 2. The van der Waals surface area contributed by atoms with Crippen LogP contribution in [-0.4, -0.2) is 72.0 Å². The highest BCUT2D eigenvalue weighted by atomic mass is 35.5. The molecule has 2 heterocycles. The standard InChI is InChI=1S/C31H31ClFN5O5/c1-4-42-26(41)9-10-34-31-35-29-24(30(36-31)38-13-11-37(12-14-38)18(2)39)17-25(32)27(28(29)33)23-16-21(43-19(3)40)15-20-7-5-6-8-22(20)23/h5-8,15-17H,4,9-14H2,1-3H3,(H,34,35,36). The van der Waals surface area contributed by atoms with Crippen LogP contribution >= 0.6 is 11.6 Å². The van der Waals surface area contributed by atoms with E-state index < -0.39 is 11.8 Å². The van der Waals surface area contributed by atoms with Crippen LogP contribution in [0.25, 0.3) is 32.8 Å². The van der Waals surface area contributed by atoms with Crippen LogP contribution in [0.15, 0.2) is 42.5 Å². The van der Waals surface area contributed by atoms with Crippen molar-refractivity contribution in [1.29, 1.82) is 0 Å². The van der Waals surface area contributed by atoms with Gasteiger partial charge in [0, 0.05) is 57.5 Å². The van der Waals surface area contributed by atoms with Crippen LogP contribution < -0.4 is 15.0 Å². The Bertz CT molecular complexity index is 1720. The number of carbonyl (C=O) groups excluding carboxylic acids is 3. The van der Waals surface area contributed by atoms with Crippen LogP contribution in [0.5, 0.6) is 5.75 Å². The van der Waals surface area contributed by atoms with E-state index >= 15 is 4.39 Å². The number of amides is 1. The first-order chi connectivity index (χ1) is 20.7. The Kier molecular flexibility index (Phi) is 8.91. The molecule has 4 aromatic rings. The molecule has 1 aromatic heterocycles. The fourth-order valence-electron chi connectivity index (χ4n) is 5.20. The topological polar surface area (TPSA) is 114 Å². The molecule has 0 aliphatic carbocycles. The Morgan fingerprint density at radius 2 is 1.77 bits per heavy atom. The molecule has 0 spiro atoms. The summed E-state index contributed by atoms with van der Waals surface area (Å²) in [7, 11) is 0. The average Bonchev–Trinajstić information content (AvgIpc) is 2.97. The maximum atomic E-state index is 16.7. The number of carbonyl (C=O) groups is 3. The molecule has 1 amide bonds. The summed E-state index contributed by atoms with van der Waals surface area (Å²) >= 11 is 6.82. The summed E-state index contributed by atoms with van der Waals surface area (Å²) in [6.07, 6.45) is 0.0745. The number of esters is 2. The first-order valence-electron chi connectivity index (χ1n) is 14.0. The van der Waals surface area contributed by atoms with Crippen molar-refractivity contribution in [2.45, 2.75) is 27.2 Å². The van der Waals surface area contributed by atoms with Gasteiger partial charge in [0.15, 0.2) is 5.82 Å². The lowest BCUT2D eigenvalue weighted by Gasteiger charge is -2.35. The molecule has 0 saturated carbocycles. The predicted octanol–water partition coefficient (Wildman–Crippen LogP) is 5.20. The van der Waals surface area contributed by atoms with Gasteiger partial charge in [0.2, 0.25) is 11.9 Å². The van der Waals surface area contributed by atoms with E-state index in [1.54, 1.807) is 30.0 Å². The number of benzene rings is 3. The van der Waals surface area contributed by atoms with Crippen LogP contribution in [0.1, 0.15) is 27.2 Å². The number of nitrogens with one attached hydrogen (secondary N) is 1. The number of nitrogens with zero attached hydrogens (tertiary/aromatic N) is 4. The van der Waals surface area contributed by atoms with E-state index in [-0.39, 0.29) is 59.2 Å². The lowest BCUT2D eigenvalue weighted by atomic mass is 9.96. The smallest absolute Gasteiger partial charge is 0.308 e. The van der Waals surface area contributed by atoms with Crippen LogP contribution in [0.3, 0.4) is 0 Å². The minimum absolute atomic E-state index is 0.0181. The zero-order chi connectivity index (χ0) is 30.7. The van der Waals surface area contributed by atoms with Gasteiger partial charge in [0.05, 0.1) is 18.1 Å². The van der Waals surface area contributed by atoms with E-state index in [4.69, 9.17) is 21.1 Å². The molecule has 3 aromatic carbocycles. The summed E-state index contributed by atoms with van der Waals surface area (Å²) in [5.74, 6) is -0.736. The van der Waals surface area contributed by atoms with Crippen molar-refractivity contribution in [3.8, 4) is 16.9 Å². The van der Waals surface area contributed by atoms with E-state index in [1.165, 1.54) is 13.8 Å². The molecule has 224 valence electrons. The van der Waals surface area contributed by atoms with Gasteiger partial charge in [-0.2, -0.15) is 4.98 Å². The number of fused-ring (bicyclic) bond motifs is 2. The number of rotatable bonds is 8. The van der Waals surface area contributed by atoms with Gasteiger partial charge in [-0.15, -0.1) is 0 Å². The predicted molar refractivity (Wildman–Crippen MR) is 163 cm³/mol. The number of ether oxygens (including phenoxy) is 2. The Morgan fingerprint density at radius 3 is 2.47 bits per heavy atom. The summed E-state index contributed by atoms with van der Waals surface area (Å²) in [4.78, 5) is 48.4. The summed E-state index contributed by atoms with van der Waals surface area (Å²) < 4.78 is 27.1. The fraction of sp³-hybridized carbons (Fsp3) is 0.323. The Morgan fingerprint density at radius 1 is 1.02 bits per heavy atom. The van der Waals surface area contributed by atoms with Crippen molar-refractivity contribution >= 4 is 62.9 Å². The summed E-state index contributed by atoms with van der Waals surface area (Å²) in [5.41, 5.74) is 0.563. The maximum absolute atomic E-state index is 16.7. The van der Waals surface area contributed by atoms with Crippen LogP contribution in [0.2, 0.25) is 5.02 Å². The van der Waals surface area contributed by atoms with Crippen molar-refractivity contribution in [3.63, 3.8) is 0 Å². The van der Waals surface area contributed by atoms with Crippen molar-refractivity contribution < 1.29 is 28.2 Å². The molecule has 43 heavy (non-hydrogen) atoms. The van der Waals surface area contributed by atoms with Crippen molar-refractivity contribution in [2.75, 3.05) is 49.5 Å². The Labute approximate surface area is 252 Å². The van der Waals surface area contributed by atoms with Crippen molar-refractivity contribution in [3.05, 3.63) is 53.3 Å². The van der Waals surface area contributed by atoms with E-state index in [2.05, 4.69) is 15.3 Å². The third kappa shape index (κ3) is 6.46. The molecular formula is C31H31ClFN5O5. The van der Waals surface area contributed by atoms with E-state index in [9.17, 15) is 14.4 Å². The summed E-state index contributed by atoms with van der Waals surface area (Å²) in [6.45, 7) is 6.91. The minimum Gasteiger partial charge on any atom is -0.466 e. The monoisotopic (exact) mass is 607 g/mol. The first-order valence-corrected chi connectivity index (χ1v) is 14.3. The minimum atomic E-state index is -0.674. The molecule has 1 N–H and O–H groups in total. The number of hydrogen-bond acceptors (Lipinski definition) is 9. The Balaban J connectivity index is 1.65. The highest BCUT2D eigenvalue weighted by Crippen LogP contribution is 2.42. The average molecular weight is 608 g/mol. The second-order valence-corrected chi connectivity index (χ2v) is 10.5. The highest BCUT2D eigenvalue weighted by Gasteiger charge is 2.26. The van der Waals surface area contributed by atoms with Crippen LogP contribution in [-0.2, 0) is 19.1 Å². The SMILES string of the molecule is CCOC(=O)CCNc1nc(N2CCN(C(C)=O)CC2)c2cc(Cl)c(-c3cc(OC(C)=O)cc4ccccc34)c(F)c2n1. The normalized spacial score (nSPS) is 13.3. The first kappa shape index (κ1) is 30.0. The maximum Gasteiger partial charge on any atom is 0.308 e. The lowest BCUT2D eigenvalue weighted by molar-refractivity contribution is -0.142. The fourth-order valence-corrected chi connectivity index (χ4v) is 5.50. The molecule has 10 nitrogen and oxygen atoms in total. The molecule has 1 aliphatic rings. The molecule has 0 radical (unpaired) electrons. The molecule has 1 fully saturated rings. The number of piperazine rings is 1. The largest absolute Gasteiger partial charge is 0.466 e. The molecule has 0 bridgehead atoms. The second-order valence-electron chi connectivity index (χ2n) is 10.1. The molecule has 0 unspecified atom stereocenters. The van der Waals surface area contributed by atoms with Crippen molar-refractivity contribution in [1.82, 2.24) is 14.9 Å².